The predicted octanol–water partition coefficient (Wildman–Crippen LogP) is 2.64. The fourth-order valence-corrected chi connectivity index (χ4v) is 3.12. The predicted molar refractivity (Wildman–Crippen MR) is 81.0 cm³/mol. The fraction of sp³-hybridized carbons (Fsp3) is 0.533. The first kappa shape index (κ1) is 14.5. The molecule has 114 valence electrons. The van der Waals surface area contributed by atoms with Crippen LogP contribution in [0.4, 0.5) is 5.69 Å². The van der Waals surface area contributed by atoms with E-state index in [1.165, 1.54) is 0 Å². The lowest BCUT2D eigenvalue weighted by atomic mass is 9.75. The minimum Gasteiger partial charge on any atom is -0.454 e. The van der Waals surface area contributed by atoms with Gasteiger partial charge in [0, 0.05) is 18.7 Å². The Hall–Kier alpha value is -1.46. The normalized spacial score (nSPS) is 23.6. The molecule has 0 spiro atoms. The maximum absolute atomic E-state index is 12.7. The molecule has 1 atom stereocenters. The molecule has 1 unspecified atom stereocenters. The molecule has 6 heteroatoms. The summed E-state index contributed by atoms with van der Waals surface area (Å²) in [6.07, 6.45) is 0.832. The molecule has 0 bridgehead atoms. The number of anilines is 1. The maximum atomic E-state index is 12.7. The molecule has 2 N–H and O–H groups in total. The molecule has 1 aromatic carbocycles. The molecule has 2 heterocycles. The van der Waals surface area contributed by atoms with Crippen LogP contribution in [0.1, 0.15) is 20.3 Å². The molecular formula is C15H19ClN2O3. The highest BCUT2D eigenvalue weighted by Gasteiger charge is 2.44. The van der Waals surface area contributed by atoms with Crippen LogP contribution in [0.3, 0.4) is 0 Å². The fourth-order valence-electron chi connectivity index (χ4n) is 2.92. The topological polar surface area (TPSA) is 59.6 Å². The van der Waals surface area contributed by atoms with Gasteiger partial charge in [0.1, 0.15) is 0 Å². The Labute approximate surface area is 128 Å². The lowest BCUT2D eigenvalue weighted by Crippen LogP contribution is -2.42. The molecule has 1 aromatic rings. The number of carbonyl (C=O) groups excluding carboxylic acids is 1. The van der Waals surface area contributed by atoms with Crippen molar-refractivity contribution >= 4 is 23.2 Å². The van der Waals surface area contributed by atoms with Crippen LogP contribution >= 0.6 is 11.6 Å². The van der Waals surface area contributed by atoms with Crippen LogP contribution in [0.5, 0.6) is 11.5 Å². The first-order valence-electron chi connectivity index (χ1n) is 7.14. The van der Waals surface area contributed by atoms with Gasteiger partial charge in [0.05, 0.1) is 16.1 Å². The number of hydrogen-bond donors (Lipinski definition) is 2. The zero-order valence-corrected chi connectivity index (χ0v) is 12.9. The third kappa shape index (κ3) is 2.45. The highest BCUT2D eigenvalue weighted by Crippen LogP contribution is 2.41. The highest BCUT2D eigenvalue weighted by molar-refractivity contribution is 6.34. The summed E-state index contributed by atoms with van der Waals surface area (Å²) >= 11 is 6.22. The Morgan fingerprint density at radius 1 is 1.38 bits per heavy atom. The molecule has 1 amide bonds. The summed E-state index contributed by atoms with van der Waals surface area (Å²) in [4.78, 5) is 12.7. The van der Waals surface area contributed by atoms with Crippen molar-refractivity contribution in [3.05, 3.63) is 17.2 Å². The van der Waals surface area contributed by atoms with Crippen LogP contribution in [-0.4, -0.2) is 25.8 Å². The molecule has 0 saturated carbocycles. The number of hydrogen-bond acceptors (Lipinski definition) is 4. The molecule has 5 nitrogen and oxygen atoms in total. The van der Waals surface area contributed by atoms with E-state index in [4.69, 9.17) is 21.1 Å². The SMILES string of the molecule is CC(C)C1(C(=O)Nc2cc3c(cc2Cl)OCO3)CCNC1. The summed E-state index contributed by atoms with van der Waals surface area (Å²) in [6, 6.07) is 3.40. The number of nitrogens with one attached hydrogen (secondary N) is 2. The second-order valence-corrected chi connectivity index (χ2v) is 6.28. The van der Waals surface area contributed by atoms with Crippen LogP contribution in [0.2, 0.25) is 5.02 Å². The zero-order valence-electron chi connectivity index (χ0n) is 12.2. The largest absolute Gasteiger partial charge is 0.454 e. The van der Waals surface area contributed by atoms with Crippen molar-refractivity contribution < 1.29 is 14.3 Å². The van der Waals surface area contributed by atoms with Gasteiger partial charge in [-0.3, -0.25) is 4.79 Å². The zero-order chi connectivity index (χ0) is 15.0. The smallest absolute Gasteiger partial charge is 0.232 e. The van der Waals surface area contributed by atoms with Crippen molar-refractivity contribution in [3.8, 4) is 11.5 Å². The molecule has 2 aliphatic heterocycles. The molecule has 0 radical (unpaired) electrons. The quantitative estimate of drug-likeness (QED) is 0.901. The van der Waals surface area contributed by atoms with E-state index in [1.807, 2.05) is 0 Å². The number of rotatable bonds is 3. The first-order valence-corrected chi connectivity index (χ1v) is 7.52. The standard InChI is InChI=1S/C15H19ClN2O3/c1-9(2)15(3-4-17-7-15)14(19)18-11-6-13-12(5-10(11)16)20-8-21-13/h5-6,9,17H,3-4,7-8H2,1-2H3,(H,18,19). The average molecular weight is 311 g/mol. The molecule has 0 aromatic heterocycles. The lowest BCUT2D eigenvalue weighted by molar-refractivity contribution is -0.126. The monoisotopic (exact) mass is 310 g/mol. The molecular weight excluding hydrogens is 292 g/mol. The molecule has 0 aliphatic carbocycles. The third-order valence-corrected chi connectivity index (χ3v) is 4.77. The lowest BCUT2D eigenvalue weighted by Gasteiger charge is -2.31. The Kier molecular flexibility index (Phi) is 3.71. The van der Waals surface area contributed by atoms with E-state index in [9.17, 15) is 4.79 Å². The number of ether oxygens (including phenoxy) is 2. The van der Waals surface area contributed by atoms with E-state index in [-0.39, 0.29) is 24.0 Å². The van der Waals surface area contributed by atoms with Crippen molar-refractivity contribution in [3.63, 3.8) is 0 Å². The van der Waals surface area contributed by atoms with E-state index in [1.54, 1.807) is 12.1 Å². The van der Waals surface area contributed by atoms with Gasteiger partial charge in [0.25, 0.3) is 0 Å². The van der Waals surface area contributed by atoms with Crippen molar-refractivity contribution in [1.82, 2.24) is 5.32 Å². The van der Waals surface area contributed by atoms with Gasteiger partial charge in [0.2, 0.25) is 12.7 Å². The van der Waals surface area contributed by atoms with Crippen molar-refractivity contribution in [2.24, 2.45) is 11.3 Å². The van der Waals surface area contributed by atoms with Crippen LogP contribution in [0, 0.1) is 11.3 Å². The van der Waals surface area contributed by atoms with Crippen LogP contribution < -0.4 is 20.1 Å². The Bertz CT molecular complexity index is 568. The maximum Gasteiger partial charge on any atom is 0.232 e. The van der Waals surface area contributed by atoms with Crippen LogP contribution in [-0.2, 0) is 4.79 Å². The van der Waals surface area contributed by atoms with E-state index in [2.05, 4.69) is 24.5 Å². The summed E-state index contributed by atoms with van der Waals surface area (Å²) in [7, 11) is 0. The second-order valence-electron chi connectivity index (χ2n) is 5.88. The van der Waals surface area contributed by atoms with Gasteiger partial charge in [0.15, 0.2) is 11.5 Å². The van der Waals surface area contributed by atoms with Gasteiger partial charge in [-0.1, -0.05) is 25.4 Å². The van der Waals surface area contributed by atoms with Gasteiger partial charge in [-0.25, -0.2) is 0 Å². The Morgan fingerprint density at radius 3 is 2.71 bits per heavy atom. The summed E-state index contributed by atoms with van der Waals surface area (Å²) in [6.45, 7) is 5.89. The van der Waals surface area contributed by atoms with Crippen molar-refractivity contribution in [2.45, 2.75) is 20.3 Å². The van der Waals surface area contributed by atoms with Gasteiger partial charge < -0.3 is 20.1 Å². The summed E-state index contributed by atoms with van der Waals surface area (Å²) in [5.74, 6) is 1.47. The van der Waals surface area contributed by atoms with Crippen LogP contribution in [0.25, 0.3) is 0 Å². The summed E-state index contributed by atoms with van der Waals surface area (Å²) < 4.78 is 10.6. The van der Waals surface area contributed by atoms with E-state index in [0.717, 1.165) is 13.0 Å². The van der Waals surface area contributed by atoms with Gasteiger partial charge in [-0.05, 0) is 18.9 Å². The minimum absolute atomic E-state index is 0.00302. The number of fused-ring (bicyclic) bond motifs is 1. The van der Waals surface area contributed by atoms with E-state index in [0.29, 0.717) is 28.8 Å². The third-order valence-electron chi connectivity index (χ3n) is 4.46. The van der Waals surface area contributed by atoms with E-state index < -0.39 is 0 Å². The van der Waals surface area contributed by atoms with Gasteiger partial charge >= 0.3 is 0 Å². The Balaban J connectivity index is 1.85. The number of halogens is 1. The molecule has 3 rings (SSSR count). The highest BCUT2D eigenvalue weighted by atomic mass is 35.5. The van der Waals surface area contributed by atoms with Gasteiger partial charge in [-0.15, -0.1) is 0 Å². The molecule has 1 fully saturated rings. The second kappa shape index (κ2) is 5.39. The molecule has 2 aliphatic rings. The summed E-state index contributed by atoms with van der Waals surface area (Å²) in [5, 5.41) is 6.69. The first-order chi connectivity index (χ1) is 10.0. The molecule has 21 heavy (non-hydrogen) atoms. The molecule has 1 saturated heterocycles. The van der Waals surface area contributed by atoms with Crippen molar-refractivity contribution in [1.29, 1.82) is 0 Å². The number of amides is 1. The summed E-state index contributed by atoms with van der Waals surface area (Å²) in [5.41, 5.74) is 0.178. The minimum atomic E-state index is -0.389. The number of benzene rings is 1. The van der Waals surface area contributed by atoms with Crippen LogP contribution in [0.15, 0.2) is 12.1 Å². The van der Waals surface area contributed by atoms with E-state index >= 15 is 0 Å². The van der Waals surface area contributed by atoms with Gasteiger partial charge in [-0.2, -0.15) is 0 Å². The Morgan fingerprint density at radius 2 is 2.10 bits per heavy atom. The van der Waals surface area contributed by atoms with Crippen molar-refractivity contribution in [2.75, 3.05) is 25.2 Å². The number of carbonyl (C=O) groups is 1. The average Bonchev–Trinajstić information content (AvgIpc) is 3.07.